The molecule has 7 nitrogen and oxygen atoms in total. The third kappa shape index (κ3) is 2.10. The number of amides is 3. The van der Waals surface area contributed by atoms with E-state index in [0.29, 0.717) is 17.5 Å². The molecule has 1 aromatic carbocycles. The maximum Gasteiger partial charge on any atom is 0.262 e. The van der Waals surface area contributed by atoms with Gasteiger partial charge in [0.15, 0.2) is 6.29 Å². The van der Waals surface area contributed by atoms with E-state index in [1.807, 2.05) is 0 Å². The van der Waals surface area contributed by atoms with Gasteiger partial charge in [0.2, 0.25) is 5.91 Å². The topological polar surface area (TPSA) is 84.9 Å². The van der Waals surface area contributed by atoms with Gasteiger partial charge in [0.1, 0.15) is 6.04 Å². The molecule has 1 aromatic rings. The molecule has 0 aromatic heterocycles. The summed E-state index contributed by atoms with van der Waals surface area (Å²) in [5, 5.41) is 2.69. The molecule has 1 saturated heterocycles. The Morgan fingerprint density at radius 3 is 2.09 bits per heavy atom. The van der Waals surface area contributed by atoms with Crippen LogP contribution in [0.25, 0.3) is 0 Å². The Labute approximate surface area is 127 Å². The van der Waals surface area contributed by atoms with Crippen LogP contribution in [-0.2, 0) is 14.3 Å². The predicted molar refractivity (Wildman–Crippen MR) is 75.1 cm³/mol. The van der Waals surface area contributed by atoms with Crippen molar-refractivity contribution in [1.29, 1.82) is 0 Å². The summed E-state index contributed by atoms with van der Waals surface area (Å²) in [5.74, 6) is -1.21. The van der Waals surface area contributed by atoms with Crippen LogP contribution in [0.1, 0.15) is 27.1 Å². The third-order valence-corrected chi connectivity index (χ3v) is 4.05. The van der Waals surface area contributed by atoms with Crippen molar-refractivity contribution < 1.29 is 23.9 Å². The van der Waals surface area contributed by atoms with Crippen molar-refractivity contribution in [1.82, 2.24) is 10.2 Å². The Morgan fingerprint density at radius 1 is 1.09 bits per heavy atom. The summed E-state index contributed by atoms with van der Waals surface area (Å²) >= 11 is 0. The zero-order valence-electron chi connectivity index (χ0n) is 12.2. The van der Waals surface area contributed by atoms with Crippen LogP contribution in [0.2, 0.25) is 0 Å². The molecule has 2 aliphatic heterocycles. The molecule has 1 N–H and O–H groups in total. The van der Waals surface area contributed by atoms with E-state index in [1.165, 1.54) is 14.2 Å². The lowest BCUT2D eigenvalue weighted by Gasteiger charge is -2.41. The summed E-state index contributed by atoms with van der Waals surface area (Å²) in [6.45, 7) is 0. The molecule has 116 valence electrons. The lowest BCUT2D eigenvalue weighted by atomic mass is 9.93. The van der Waals surface area contributed by atoms with Gasteiger partial charge >= 0.3 is 0 Å². The van der Waals surface area contributed by atoms with Crippen LogP contribution in [0.4, 0.5) is 0 Å². The van der Waals surface area contributed by atoms with Gasteiger partial charge in [-0.05, 0) is 12.1 Å². The maximum atomic E-state index is 12.4. The maximum absolute atomic E-state index is 12.4. The van der Waals surface area contributed by atoms with E-state index in [4.69, 9.17) is 9.47 Å². The highest BCUT2D eigenvalue weighted by Crippen LogP contribution is 2.29. The summed E-state index contributed by atoms with van der Waals surface area (Å²) in [5.41, 5.74) is 0.668. The number of hydrogen-bond acceptors (Lipinski definition) is 5. The van der Waals surface area contributed by atoms with Crippen LogP contribution in [0.15, 0.2) is 24.3 Å². The minimum Gasteiger partial charge on any atom is -0.356 e. The van der Waals surface area contributed by atoms with Gasteiger partial charge < -0.3 is 14.8 Å². The molecule has 1 fully saturated rings. The van der Waals surface area contributed by atoms with Crippen LogP contribution in [0, 0.1) is 0 Å². The Hall–Kier alpha value is -2.25. The molecule has 2 unspecified atom stereocenters. The fraction of sp³-hybridized carbons (Fsp3) is 0.400. The van der Waals surface area contributed by atoms with Crippen molar-refractivity contribution >= 4 is 17.7 Å². The number of nitrogens with zero attached hydrogens (tertiary/aromatic N) is 1. The number of rotatable bonds is 5. The first kappa shape index (κ1) is 14.7. The number of nitrogens with one attached hydrogen (secondary N) is 1. The molecule has 3 rings (SSSR count). The minimum absolute atomic E-state index is 0.334. The molecule has 0 spiro atoms. The molecular formula is C15H16N2O5. The largest absolute Gasteiger partial charge is 0.356 e. The van der Waals surface area contributed by atoms with E-state index in [9.17, 15) is 14.4 Å². The lowest BCUT2D eigenvalue weighted by Crippen LogP contribution is -2.70. The SMILES string of the molecule is COC(CC1NC(=O)C1N1C(=O)c2ccccc2C1=O)OC. The standard InChI is InChI=1S/C15H16N2O5/c1-21-11(22-2)7-10-12(13(18)16-10)17-14(19)8-5-3-4-6-9(8)15(17)20/h3-6,10-12H,7H2,1-2H3,(H,16,18). The van der Waals surface area contributed by atoms with Crippen LogP contribution in [0.3, 0.4) is 0 Å². The van der Waals surface area contributed by atoms with Crippen LogP contribution < -0.4 is 5.32 Å². The highest BCUT2D eigenvalue weighted by atomic mass is 16.7. The zero-order chi connectivity index (χ0) is 15.9. The van der Waals surface area contributed by atoms with E-state index in [0.717, 1.165) is 4.90 Å². The molecular weight excluding hydrogens is 288 g/mol. The Morgan fingerprint density at radius 2 is 1.64 bits per heavy atom. The van der Waals surface area contributed by atoms with Crippen LogP contribution in [0.5, 0.6) is 0 Å². The Balaban J connectivity index is 1.83. The summed E-state index contributed by atoms with van der Waals surface area (Å²) in [6.07, 6.45) is -0.153. The average Bonchev–Trinajstić information content (AvgIpc) is 2.77. The Kier molecular flexibility index (Phi) is 3.67. The summed E-state index contributed by atoms with van der Waals surface area (Å²) in [7, 11) is 2.98. The normalized spacial score (nSPS) is 23.6. The molecule has 0 saturated carbocycles. The monoisotopic (exact) mass is 304 g/mol. The van der Waals surface area contributed by atoms with Crippen molar-refractivity contribution in [2.45, 2.75) is 24.8 Å². The molecule has 7 heteroatoms. The quantitative estimate of drug-likeness (QED) is 0.476. The van der Waals surface area contributed by atoms with E-state index >= 15 is 0 Å². The lowest BCUT2D eigenvalue weighted by molar-refractivity contribution is -0.144. The molecule has 0 bridgehead atoms. The van der Waals surface area contributed by atoms with Gasteiger partial charge in [-0.25, -0.2) is 0 Å². The third-order valence-electron chi connectivity index (χ3n) is 4.05. The number of carbonyl (C=O) groups is 3. The first-order valence-electron chi connectivity index (χ1n) is 6.91. The first-order chi connectivity index (χ1) is 10.6. The van der Waals surface area contributed by atoms with Crippen LogP contribution >= 0.6 is 0 Å². The van der Waals surface area contributed by atoms with E-state index < -0.39 is 24.1 Å². The van der Waals surface area contributed by atoms with Gasteiger partial charge in [-0.15, -0.1) is 0 Å². The van der Waals surface area contributed by atoms with E-state index in [-0.39, 0.29) is 11.9 Å². The fourth-order valence-corrected chi connectivity index (χ4v) is 2.88. The predicted octanol–water partition coefficient (Wildman–Crippen LogP) is 0.159. The number of benzene rings is 1. The first-order valence-corrected chi connectivity index (χ1v) is 6.91. The second kappa shape index (κ2) is 5.51. The van der Waals surface area contributed by atoms with Crippen molar-refractivity contribution in [2.24, 2.45) is 0 Å². The average molecular weight is 304 g/mol. The van der Waals surface area contributed by atoms with Gasteiger partial charge in [0, 0.05) is 20.6 Å². The van der Waals surface area contributed by atoms with Crippen molar-refractivity contribution in [3.63, 3.8) is 0 Å². The summed E-state index contributed by atoms with van der Waals surface area (Å²) in [6, 6.07) is 5.37. The van der Waals surface area contributed by atoms with Gasteiger partial charge in [-0.2, -0.15) is 0 Å². The molecule has 2 aliphatic rings. The molecule has 2 heterocycles. The number of fused-ring (bicyclic) bond motifs is 1. The smallest absolute Gasteiger partial charge is 0.262 e. The minimum atomic E-state index is -0.819. The number of ether oxygens (including phenoxy) is 2. The zero-order valence-corrected chi connectivity index (χ0v) is 12.2. The van der Waals surface area contributed by atoms with Gasteiger partial charge in [0.25, 0.3) is 11.8 Å². The van der Waals surface area contributed by atoms with Crippen LogP contribution in [-0.4, -0.2) is 55.2 Å². The Bertz CT molecular complexity index is 606. The van der Waals surface area contributed by atoms with Crippen molar-refractivity contribution in [2.75, 3.05) is 14.2 Å². The fourth-order valence-electron chi connectivity index (χ4n) is 2.88. The molecule has 0 aliphatic carbocycles. The molecule has 2 atom stereocenters. The van der Waals surface area contributed by atoms with E-state index in [2.05, 4.69) is 5.32 Å². The number of β-lactam (4-membered cyclic amide) rings is 1. The highest BCUT2D eigenvalue weighted by molar-refractivity contribution is 6.23. The van der Waals surface area contributed by atoms with Gasteiger partial charge in [-0.1, -0.05) is 12.1 Å². The highest BCUT2D eigenvalue weighted by Gasteiger charge is 2.52. The number of methoxy groups -OCH3 is 2. The molecule has 22 heavy (non-hydrogen) atoms. The number of carbonyl (C=O) groups excluding carboxylic acids is 3. The van der Waals surface area contributed by atoms with E-state index in [1.54, 1.807) is 24.3 Å². The molecule has 3 amide bonds. The number of hydrogen-bond donors (Lipinski definition) is 1. The molecule has 0 radical (unpaired) electrons. The van der Waals surface area contributed by atoms with Gasteiger partial charge in [0.05, 0.1) is 17.2 Å². The number of imide groups is 1. The second-order valence-corrected chi connectivity index (χ2v) is 5.22. The summed E-state index contributed by atoms with van der Waals surface area (Å²) in [4.78, 5) is 37.8. The second-order valence-electron chi connectivity index (χ2n) is 5.22. The summed E-state index contributed by atoms with van der Waals surface area (Å²) < 4.78 is 10.2. The van der Waals surface area contributed by atoms with Crippen molar-refractivity contribution in [3.8, 4) is 0 Å². The van der Waals surface area contributed by atoms with Gasteiger partial charge in [-0.3, -0.25) is 19.3 Å². The van der Waals surface area contributed by atoms with Crippen molar-refractivity contribution in [3.05, 3.63) is 35.4 Å².